The van der Waals surface area contributed by atoms with E-state index in [4.69, 9.17) is 27.9 Å². The smallest absolute Gasteiger partial charge is 0.326 e. The molecule has 0 aromatic heterocycles. The van der Waals surface area contributed by atoms with Gasteiger partial charge in [-0.1, -0.05) is 35.3 Å². The average molecular weight is 413 g/mol. The number of carbonyl (C=O) groups is 3. The number of ether oxygens (including phenoxy) is 1. The fourth-order valence-electron chi connectivity index (χ4n) is 2.01. The minimum absolute atomic E-state index is 0.0594. The molecule has 2 aromatic carbocycles. The number of carbonyl (C=O) groups excluding carboxylic acids is 3. The molecule has 0 bridgehead atoms. The van der Waals surface area contributed by atoms with Crippen LogP contribution in [0.4, 0.5) is 10.1 Å². The van der Waals surface area contributed by atoms with E-state index in [1.54, 1.807) is 18.2 Å². The summed E-state index contributed by atoms with van der Waals surface area (Å²) < 4.78 is 18.0. The van der Waals surface area contributed by atoms with Gasteiger partial charge in [-0.05, 0) is 37.3 Å². The van der Waals surface area contributed by atoms with Crippen molar-refractivity contribution < 1.29 is 23.5 Å². The number of esters is 1. The molecule has 2 N–H and O–H groups in total. The molecule has 0 saturated heterocycles. The first-order valence-electron chi connectivity index (χ1n) is 7.76. The molecule has 0 fully saturated rings. The lowest BCUT2D eigenvalue weighted by Crippen LogP contribution is -2.35. The molecular formula is C18H15Cl2FN2O4. The minimum atomic E-state index is -1.14. The maximum atomic E-state index is 13.1. The Hall–Kier alpha value is -2.64. The van der Waals surface area contributed by atoms with E-state index in [-0.39, 0.29) is 21.3 Å². The van der Waals surface area contributed by atoms with Gasteiger partial charge in [0.15, 0.2) is 6.10 Å². The van der Waals surface area contributed by atoms with Gasteiger partial charge in [0.1, 0.15) is 12.4 Å². The van der Waals surface area contributed by atoms with Gasteiger partial charge in [-0.3, -0.25) is 14.4 Å². The first kappa shape index (κ1) is 20.7. The Bertz CT molecular complexity index is 876. The Morgan fingerprint density at radius 1 is 1.15 bits per heavy atom. The summed E-state index contributed by atoms with van der Waals surface area (Å²) in [6.45, 7) is 0.880. The van der Waals surface area contributed by atoms with Gasteiger partial charge in [-0.25, -0.2) is 4.39 Å². The second kappa shape index (κ2) is 9.34. The molecular weight excluding hydrogens is 398 g/mol. The Kier molecular flexibility index (Phi) is 7.15. The molecule has 6 nitrogen and oxygen atoms in total. The second-order valence-corrected chi connectivity index (χ2v) is 6.20. The van der Waals surface area contributed by atoms with Crippen molar-refractivity contribution in [2.75, 3.05) is 11.9 Å². The Morgan fingerprint density at radius 3 is 2.56 bits per heavy atom. The van der Waals surface area contributed by atoms with Crippen LogP contribution in [0.5, 0.6) is 0 Å². The van der Waals surface area contributed by atoms with Crippen LogP contribution in [0.15, 0.2) is 42.5 Å². The highest BCUT2D eigenvalue weighted by atomic mass is 35.5. The van der Waals surface area contributed by atoms with Crippen LogP contribution in [0.1, 0.15) is 17.3 Å². The largest absolute Gasteiger partial charge is 0.451 e. The third kappa shape index (κ3) is 5.94. The predicted octanol–water partition coefficient (Wildman–Crippen LogP) is 3.43. The summed E-state index contributed by atoms with van der Waals surface area (Å²) in [4.78, 5) is 35.7. The molecule has 0 aliphatic carbocycles. The van der Waals surface area contributed by atoms with Crippen molar-refractivity contribution in [1.82, 2.24) is 5.32 Å². The molecule has 142 valence electrons. The zero-order chi connectivity index (χ0) is 20.0. The summed E-state index contributed by atoms with van der Waals surface area (Å²) in [5.74, 6) is -2.67. The predicted molar refractivity (Wildman–Crippen MR) is 99.4 cm³/mol. The number of rotatable bonds is 6. The van der Waals surface area contributed by atoms with Gasteiger partial charge in [0.05, 0.1) is 15.7 Å². The number of halogens is 3. The van der Waals surface area contributed by atoms with Crippen molar-refractivity contribution in [3.63, 3.8) is 0 Å². The maximum absolute atomic E-state index is 13.1. The summed E-state index contributed by atoms with van der Waals surface area (Å²) in [5, 5.41) is 5.20. The van der Waals surface area contributed by atoms with E-state index in [1.807, 2.05) is 0 Å². The first-order valence-corrected chi connectivity index (χ1v) is 8.51. The number of benzene rings is 2. The van der Waals surface area contributed by atoms with Crippen LogP contribution in [-0.4, -0.2) is 30.4 Å². The molecule has 2 amide bonds. The highest BCUT2D eigenvalue weighted by Crippen LogP contribution is 2.29. The molecule has 0 heterocycles. The van der Waals surface area contributed by atoms with Crippen molar-refractivity contribution >= 4 is 46.7 Å². The molecule has 27 heavy (non-hydrogen) atoms. The highest BCUT2D eigenvalue weighted by Gasteiger charge is 2.20. The summed E-state index contributed by atoms with van der Waals surface area (Å²) >= 11 is 11.8. The van der Waals surface area contributed by atoms with Gasteiger partial charge in [0, 0.05) is 5.56 Å². The molecule has 0 spiro atoms. The van der Waals surface area contributed by atoms with Crippen LogP contribution in [0, 0.1) is 5.82 Å². The maximum Gasteiger partial charge on any atom is 0.326 e. The van der Waals surface area contributed by atoms with E-state index >= 15 is 0 Å². The molecule has 2 rings (SSSR count). The minimum Gasteiger partial charge on any atom is -0.451 e. The van der Waals surface area contributed by atoms with Gasteiger partial charge >= 0.3 is 5.97 Å². The third-order valence-electron chi connectivity index (χ3n) is 3.37. The van der Waals surface area contributed by atoms with Crippen LogP contribution in [-0.2, 0) is 14.3 Å². The van der Waals surface area contributed by atoms with Gasteiger partial charge in [0.25, 0.3) is 11.8 Å². The van der Waals surface area contributed by atoms with Gasteiger partial charge in [-0.2, -0.15) is 0 Å². The standard InChI is InChI=1S/C18H15Cl2FN2O4/c1-10(17(25)23-14-7-3-6-13(19)16(14)20)27-15(24)9-22-18(26)11-4-2-5-12(21)8-11/h2-8,10H,9H2,1H3,(H,22,26)(H,23,25)/t10-/m1/s1. The van der Waals surface area contributed by atoms with E-state index in [2.05, 4.69) is 10.6 Å². The van der Waals surface area contributed by atoms with Crippen molar-refractivity contribution in [2.24, 2.45) is 0 Å². The first-order chi connectivity index (χ1) is 12.8. The lowest BCUT2D eigenvalue weighted by Gasteiger charge is -2.15. The van der Waals surface area contributed by atoms with E-state index in [0.29, 0.717) is 0 Å². The average Bonchev–Trinajstić information content (AvgIpc) is 2.63. The number of amides is 2. The van der Waals surface area contributed by atoms with Crippen LogP contribution < -0.4 is 10.6 Å². The molecule has 0 saturated carbocycles. The number of anilines is 1. The summed E-state index contributed by atoms with van der Waals surface area (Å²) in [7, 11) is 0. The molecule has 0 unspecified atom stereocenters. The van der Waals surface area contributed by atoms with Crippen molar-refractivity contribution in [3.8, 4) is 0 Å². The Morgan fingerprint density at radius 2 is 1.85 bits per heavy atom. The van der Waals surface area contributed by atoms with Gasteiger partial charge in [0.2, 0.25) is 0 Å². The fourth-order valence-corrected chi connectivity index (χ4v) is 2.36. The number of hydrogen-bond donors (Lipinski definition) is 2. The van der Waals surface area contributed by atoms with Crippen LogP contribution in [0.2, 0.25) is 10.0 Å². The SMILES string of the molecule is C[C@@H](OC(=O)CNC(=O)c1cccc(F)c1)C(=O)Nc1cccc(Cl)c1Cl. The highest BCUT2D eigenvalue weighted by molar-refractivity contribution is 6.44. The fraction of sp³-hybridized carbons (Fsp3) is 0.167. The van der Waals surface area contributed by atoms with E-state index in [0.717, 1.165) is 6.07 Å². The van der Waals surface area contributed by atoms with Crippen LogP contribution in [0.25, 0.3) is 0 Å². The topological polar surface area (TPSA) is 84.5 Å². The summed E-state index contributed by atoms with van der Waals surface area (Å²) in [6.07, 6.45) is -1.14. The summed E-state index contributed by atoms with van der Waals surface area (Å²) in [6, 6.07) is 9.69. The molecule has 0 aliphatic rings. The van der Waals surface area contributed by atoms with E-state index < -0.39 is 36.2 Å². The lowest BCUT2D eigenvalue weighted by molar-refractivity contribution is -0.152. The normalized spacial score (nSPS) is 11.4. The lowest BCUT2D eigenvalue weighted by atomic mass is 10.2. The molecule has 1 atom stereocenters. The van der Waals surface area contributed by atoms with E-state index in [9.17, 15) is 18.8 Å². The zero-order valence-electron chi connectivity index (χ0n) is 14.1. The van der Waals surface area contributed by atoms with E-state index in [1.165, 1.54) is 25.1 Å². The second-order valence-electron chi connectivity index (χ2n) is 5.42. The molecule has 2 aromatic rings. The molecule has 9 heteroatoms. The van der Waals surface area contributed by atoms with Crippen molar-refractivity contribution in [1.29, 1.82) is 0 Å². The monoisotopic (exact) mass is 412 g/mol. The van der Waals surface area contributed by atoms with Gasteiger partial charge in [-0.15, -0.1) is 0 Å². The van der Waals surface area contributed by atoms with Crippen LogP contribution >= 0.6 is 23.2 Å². The van der Waals surface area contributed by atoms with Crippen LogP contribution in [0.3, 0.4) is 0 Å². The molecule has 0 radical (unpaired) electrons. The Balaban J connectivity index is 1.85. The Labute approximate surface area is 164 Å². The number of nitrogens with one attached hydrogen (secondary N) is 2. The summed E-state index contributed by atoms with van der Waals surface area (Å²) in [5.41, 5.74) is 0.334. The van der Waals surface area contributed by atoms with Crippen molar-refractivity contribution in [3.05, 3.63) is 63.9 Å². The van der Waals surface area contributed by atoms with Crippen molar-refractivity contribution in [2.45, 2.75) is 13.0 Å². The van der Waals surface area contributed by atoms with Gasteiger partial charge < -0.3 is 15.4 Å². The molecule has 0 aliphatic heterocycles. The third-order valence-corrected chi connectivity index (χ3v) is 4.19. The zero-order valence-corrected chi connectivity index (χ0v) is 15.6. The number of hydrogen-bond acceptors (Lipinski definition) is 4. The quantitative estimate of drug-likeness (QED) is 0.711.